The van der Waals surface area contributed by atoms with Gasteiger partial charge in [-0.1, -0.05) is 46.1 Å². The normalized spacial score (nSPS) is 12.0. The third kappa shape index (κ3) is 5.52. The molecule has 2 aromatic carbocycles. The lowest BCUT2D eigenvalue weighted by atomic mass is 10.0. The second kappa shape index (κ2) is 11.3. The third-order valence-corrected chi connectivity index (χ3v) is 7.09. The van der Waals surface area contributed by atoms with Crippen LogP contribution in [0.1, 0.15) is 48.4 Å². The van der Waals surface area contributed by atoms with Gasteiger partial charge in [0.1, 0.15) is 22.7 Å². The summed E-state index contributed by atoms with van der Waals surface area (Å²) < 4.78 is 15.5. The number of nitrogens with zero attached hydrogens (tertiary/aromatic N) is 6. The standard InChI is InChI=1S/C28H22Cl3FN8/c1-14(2)40-13-24(38-39-40)28(19-5-7-25(31)35-15(19)3)37-18-8-20-26(36-17-4-6-23(32)21(29)9-17)16(11-33)12-34-27(20)22(30)10-18/h4-10,12-14,28,37H,1-3H3,(H,34,36)/t28-/m0/s1. The maximum absolute atomic E-state index is 13.8. The Bertz CT molecular complexity index is 1780. The molecule has 0 aliphatic carbocycles. The number of hydrogen-bond donors (Lipinski definition) is 2. The Labute approximate surface area is 244 Å². The van der Waals surface area contributed by atoms with Crippen LogP contribution in [0.2, 0.25) is 15.2 Å². The molecule has 0 radical (unpaired) electrons. The molecule has 2 N–H and O–H groups in total. The molecule has 0 saturated carbocycles. The number of aryl methyl sites for hydroxylation is 1. The Morgan fingerprint density at radius 3 is 2.48 bits per heavy atom. The highest BCUT2D eigenvalue weighted by molar-refractivity contribution is 6.36. The van der Waals surface area contributed by atoms with Crippen molar-refractivity contribution in [2.24, 2.45) is 0 Å². The number of benzene rings is 2. The summed E-state index contributed by atoms with van der Waals surface area (Å²) in [6, 6.07) is 13.2. The molecule has 202 valence electrons. The van der Waals surface area contributed by atoms with Crippen molar-refractivity contribution >= 4 is 62.8 Å². The maximum atomic E-state index is 13.8. The summed E-state index contributed by atoms with van der Waals surface area (Å²) in [4.78, 5) is 8.83. The molecule has 0 aliphatic heterocycles. The summed E-state index contributed by atoms with van der Waals surface area (Å²) in [5, 5.41) is 26.5. The second-order valence-electron chi connectivity index (χ2n) is 9.37. The second-order valence-corrected chi connectivity index (χ2v) is 10.6. The van der Waals surface area contributed by atoms with E-state index in [9.17, 15) is 9.65 Å². The Morgan fingerprint density at radius 2 is 1.80 bits per heavy atom. The van der Waals surface area contributed by atoms with Crippen LogP contribution in [-0.2, 0) is 0 Å². The van der Waals surface area contributed by atoms with Crippen molar-refractivity contribution in [1.29, 1.82) is 5.26 Å². The van der Waals surface area contributed by atoms with E-state index >= 15 is 0 Å². The van der Waals surface area contributed by atoms with Gasteiger partial charge >= 0.3 is 0 Å². The maximum Gasteiger partial charge on any atom is 0.141 e. The van der Waals surface area contributed by atoms with E-state index in [1.54, 1.807) is 16.8 Å². The van der Waals surface area contributed by atoms with E-state index in [0.717, 1.165) is 11.3 Å². The zero-order chi connectivity index (χ0) is 28.6. The molecule has 0 aliphatic rings. The van der Waals surface area contributed by atoms with Crippen LogP contribution < -0.4 is 10.6 Å². The molecule has 0 amide bonds. The predicted molar refractivity (Wildman–Crippen MR) is 156 cm³/mol. The van der Waals surface area contributed by atoms with Gasteiger partial charge in [0, 0.05) is 40.3 Å². The first-order valence-corrected chi connectivity index (χ1v) is 13.3. The number of halogens is 4. The lowest BCUT2D eigenvalue weighted by molar-refractivity contribution is 0.514. The minimum Gasteiger partial charge on any atom is -0.373 e. The molecule has 3 aromatic heterocycles. The van der Waals surface area contributed by atoms with Gasteiger partial charge in [-0.25, -0.2) is 14.1 Å². The Morgan fingerprint density at radius 1 is 1.02 bits per heavy atom. The van der Waals surface area contributed by atoms with Gasteiger partial charge in [-0.05, 0) is 57.2 Å². The zero-order valence-electron chi connectivity index (χ0n) is 21.5. The average molecular weight is 596 g/mol. The van der Waals surface area contributed by atoms with E-state index in [2.05, 4.69) is 37.0 Å². The van der Waals surface area contributed by atoms with Crippen LogP contribution in [0.25, 0.3) is 10.9 Å². The largest absolute Gasteiger partial charge is 0.373 e. The molecule has 0 bridgehead atoms. The smallest absolute Gasteiger partial charge is 0.141 e. The topological polar surface area (TPSA) is 104 Å². The van der Waals surface area contributed by atoms with Crippen molar-refractivity contribution in [3.63, 3.8) is 0 Å². The number of nitrogens with one attached hydrogen (secondary N) is 2. The minimum atomic E-state index is -0.547. The molecule has 0 fully saturated rings. The van der Waals surface area contributed by atoms with E-state index in [1.165, 1.54) is 24.4 Å². The lowest BCUT2D eigenvalue weighted by Crippen LogP contribution is -2.15. The number of rotatable bonds is 7. The zero-order valence-corrected chi connectivity index (χ0v) is 23.8. The number of fused-ring (bicyclic) bond motifs is 1. The van der Waals surface area contributed by atoms with E-state index in [-0.39, 0.29) is 16.6 Å². The van der Waals surface area contributed by atoms with Crippen LogP contribution in [0.4, 0.5) is 21.5 Å². The molecule has 5 aromatic rings. The number of aromatic nitrogens is 5. The minimum absolute atomic E-state index is 0.0495. The number of nitriles is 1. The van der Waals surface area contributed by atoms with E-state index in [1.807, 2.05) is 39.1 Å². The fourth-order valence-corrected chi connectivity index (χ4v) is 4.92. The first kappa shape index (κ1) is 27.6. The fourth-order valence-electron chi connectivity index (χ4n) is 4.28. The molecule has 8 nitrogen and oxygen atoms in total. The molecular formula is C28H22Cl3FN8. The van der Waals surface area contributed by atoms with Crippen molar-refractivity contribution in [2.75, 3.05) is 10.6 Å². The van der Waals surface area contributed by atoms with Gasteiger partial charge in [0.25, 0.3) is 0 Å². The molecule has 0 saturated heterocycles. The summed E-state index contributed by atoms with van der Waals surface area (Å²) in [5.41, 5.74) is 4.57. The highest BCUT2D eigenvalue weighted by Crippen LogP contribution is 2.37. The van der Waals surface area contributed by atoms with Gasteiger partial charge in [0.05, 0.1) is 39.1 Å². The van der Waals surface area contributed by atoms with Crippen molar-refractivity contribution in [3.8, 4) is 6.07 Å². The first-order chi connectivity index (χ1) is 19.1. The van der Waals surface area contributed by atoms with Crippen LogP contribution in [0.15, 0.2) is 54.9 Å². The first-order valence-electron chi connectivity index (χ1n) is 12.2. The Hall–Kier alpha value is -3.97. The molecule has 0 spiro atoms. The molecule has 5 rings (SSSR count). The van der Waals surface area contributed by atoms with E-state index < -0.39 is 11.9 Å². The van der Waals surface area contributed by atoms with E-state index in [4.69, 9.17) is 34.8 Å². The quantitative estimate of drug-likeness (QED) is 0.184. The number of pyridine rings is 2. The van der Waals surface area contributed by atoms with Crippen LogP contribution >= 0.6 is 34.8 Å². The van der Waals surface area contributed by atoms with E-state index in [0.29, 0.717) is 43.8 Å². The Balaban J connectivity index is 1.63. The van der Waals surface area contributed by atoms with Gasteiger partial charge in [-0.2, -0.15) is 5.26 Å². The highest BCUT2D eigenvalue weighted by atomic mass is 35.5. The third-order valence-electron chi connectivity index (χ3n) is 6.30. The molecule has 1 atom stereocenters. The fraction of sp³-hybridized carbons (Fsp3) is 0.179. The summed E-state index contributed by atoms with van der Waals surface area (Å²) in [6.45, 7) is 5.90. The summed E-state index contributed by atoms with van der Waals surface area (Å²) in [7, 11) is 0. The van der Waals surface area contributed by atoms with Gasteiger partial charge in [-0.3, -0.25) is 4.98 Å². The number of hydrogen-bond acceptors (Lipinski definition) is 7. The SMILES string of the molecule is Cc1nc(Cl)ccc1[C@H](Nc1cc(Cl)c2ncc(C#N)c(Nc3ccc(F)c(Cl)c3)c2c1)c1cn(C(C)C)nn1. The average Bonchev–Trinajstić information content (AvgIpc) is 3.41. The van der Waals surface area contributed by atoms with Gasteiger partial charge < -0.3 is 10.6 Å². The molecule has 12 heteroatoms. The molecular weight excluding hydrogens is 574 g/mol. The Kier molecular flexibility index (Phi) is 7.76. The molecule has 3 heterocycles. The van der Waals surface area contributed by atoms with Gasteiger partial charge in [0.2, 0.25) is 0 Å². The van der Waals surface area contributed by atoms with Crippen LogP contribution in [0.3, 0.4) is 0 Å². The summed E-state index contributed by atoms with van der Waals surface area (Å²) >= 11 is 18.8. The van der Waals surface area contributed by atoms with Crippen LogP contribution in [0.5, 0.6) is 0 Å². The van der Waals surface area contributed by atoms with Gasteiger partial charge in [0.15, 0.2) is 0 Å². The summed E-state index contributed by atoms with van der Waals surface area (Å²) in [5.74, 6) is -0.547. The van der Waals surface area contributed by atoms with Gasteiger partial charge in [-0.15, -0.1) is 5.10 Å². The molecule has 40 heavy (non-hydrogen) atoms. The van der Waals surface area contributed by atoms with Crippen molar-refractivity contribution < 1.29 is 4.39 Å². The van der Waals surface area contributed by atoms with Crippen LogP contribution in [0, 0.1) is 24.1 Å². The van der Waals surface area contributed by atoms with Crippen LogP contribution in [-0.4, -0.2) is 25.0 Å². The van der Waals surface area contributed by atoms with Crippen molar-refractivity contribution in [1.82, 2.24) is 25.0 Å². The number of anilines is 3. The van der Waals surface area contributed by atoms with Crippen molar-refractivity contribution in [3.05, 3.63) is 98.4 Å². The van der Waals surface area contributed by atoms with Crippen molar-refractivity contribution in [2.45, 2.75) is 32.9 Å². The molecule has 0 unspecified atom stereocenters. The summed E-state index contributed by atoms with van der Waals surface area (Å²) in [6.07, 6.45) is 3.31. The monoisotopic (exact) mass is 594 g/mol. The lowest BCUT2D eigenvalue weighted by Gasteiger charge is -2.21. The predicted octanol–water partition coefficient (Wildman–Crippen LogP) is 8.03. The highest BCUT2D eigenvalue weighted by Gasteiger charge is 2.23.